The fourth-order valence-electron chi connectivity index (χ4n) is 5.32. The second-order valence-electron chi connectivity index (χ2n) is 10.5. The van der Waals surface area contributed by atoms with Crippen LogP contribution in [0.1, 0.15) is 38.2 Å². The first-order valence-corrected chi connectivity index (χ1v) is 16.0. The standard InChI is InChI=1S/C25H30N12O5S2/c1-35-5-4-19-20(14-35)43-24(30-19)25(39)37-7-6-36(13-17(37)10-22(38)27-12-21-31-33-34-32-21)44(40,41)23-9-16-8-15(11-28-42-26)2-3-18(16)29-23/h2-3,8-9,11,17,29H,4-7,10,12-14,26H2,1H3,(H,27,38)(H,31,32,33,34)/b28-11+. The van der Waals surface area contributed by atoms with Crippen molar-refractivity contribution in [1.82, 2.24) is 50.0 Å². The highest BCUT2D eigenvalue weighted by Crippen LogP contribution is 2.29. The van der Waals surface area contributed by atoms with E-state index in [0.29, 0.717) is 33.8 Å². The quantitative estimate of drug-likeness (QED) is 0.136. The number of thiazole rings is 1. The third kappa shape index (κ3) is 6.17. The van der Waals surface area contributed by atoms with Crippen LogP contribution < -0.4 is 11.2 Å². The number of nitrogens with zero attached hydrogens (tertiary/aromatic N) is 8. The van der Waals surface area contributed by atoms with E-state index >= 15 is 0 Å². The molecule has 44 heavy (non-hydrogen) atoms. The van der Waals surface area contributed by atoms with Gasteiger partial charge >= 0.3 is 0 Å². The maximum Gasteiger partial charge on any atom is 0.283 e. The number of rotatable bonds is 9. The van der Waals surface area contributed by atoms with Crippen LogP contribution in [0.4, 0.5) is 0 Å². The van der Waals surface area contributed by atoms with Gasteiger partial charge in [-0.15, -0.1) is 27.4 Å². The molecule has 2 aliphatic heterocycles. The molecule has 6 rings (SSSR count). The van der Waals surface area contributed by atoms with Crippen LogP contribution in [0, 0.1) is 0 Å². The fourth-order valence-corrected chi connectivity index (χ4v) is 7.95. The van der Waals surface area contributed by atoms with Crippen molar-refractivity contribution in [2.75, 3.05) is 33.2 Å². The number of benzene rings is 1. The summed E-state index contributed by atoms with van der Waals surface area (Å²) in [5.41, 5.74) is 2.19. The number of hydrogen-bond acceptors (Lipinski definition) is 13. The van der Waals surface area contributed by atoms with Crippen molar-refractivity contribution in [1.29, 1.82) is 0 Å². The summed E-state index contributed by atoms with van der Waals surface area (Å²) < 4.78 is 28.9. The highest BCUT2D eigenvalue weighted by Gasteiger charge is 2.39. The Balaban J connectivity index is 1.24. The van der Waals surface area contributed by atoms with Gasteiger partial charge < -0.3 is 25.0 Å². The lowest BCUT2D eigenvalue weighted by Crippen LogP contribution is -2.57. The minimum absolute atomic E-state index is 0.00605. The SMILES string of the molecule is CN1CCc2nc(C(=O)N3CCN(S(=O)(=O)c4cc5cc(/C=N/ON)ccc5[nH]4)CC3CC(=O)NCc3nn[nH]n3)sc2C1. The number of carbonyl (C=O) groups excluding carboxylic acids is 2. The second-order valence-corrected chi connectivity index (χ2v) is 13.5. The molecule has 1 atom stereocenters. The number of H-pyrrole nitrogens is 2. The number of tetrazole rings is 1. The minimum atomic E-state index is -4.01. The number of aromatic nitrogens is 6. The van der Waals surface area contributed by atoms with E-state index in [1.54, 1.807) is 23.1 Å². The van der Waals surface area contributed by atoms with Crippen molar-refractivity contribution in [2.45, 2.75) is 37.0 Å². The lowest BCUT2D eigenvalue weighted by atomic mass is 10.1. The van der Waals surface area contributed by atoms with Crippen LogP contribution in [0.25, 0.3) is 10.9 Å². The number of likely N-dealkylation sites (N-methyl/N-ethyl adjacent to an activating group) is 1. The van der Waals surface area contributed by atoms with Crippen molar-refractivity contribution in [3.63, 3.8) is 0 Å². The number of nitrogens with one attached hydrogen (secondary N) is 3. The first-order chi connectivity index (χ1) is 21.2. The zero-order valence-corrected chi connectivity index (χ0v) is 25.3. The third-order valence-corrected chi connectivity index (χ3v) is 10.4. The molecule has 0 saturated carbocycles. The first kappa shape index (κ1) is 29.8. The summed E-state index contributed by atoms with van der Waals surface area (Å²) in [6.45, 7) is 1.65. The third-order valence-electron chi connectivity index (χ3n) is 7.57. The van der Waals surface area contributed by atoms with Crippen LogP contribution >= 0.6 is 11.3 Å². The Morgan fingerprint density at radius 2 is 2.14 bits per heavy atom. The molecule has 1 saturated heterocycles. The van der Waals surface area contributed by atoms with Crippen LogP contribution in [0.3, 0.4) is 0 Å². The van der Waals surface area contributed by atoms with Gasteiger partial charge in [-0.1, -0.05) is 16.4 Å². The molecule has 232 valence electrons. The summed E-state index contributed by atoms with van der Waals surface area (Å²) in [7, 11) is -2.00. The molecule has 19 heteroatoms. The number of aromatic amines is 2. The maximum atomic E-state index is 13.8. The summed E-state index contributed by atoms with van der Waals surface area (Å²) in [6, 6.07) is 5.99. The number of sulfonamides is 1. The molecular weight excluding hydrogens is 612 g/mol. The van der Waals surface area contributed by atoms with Crippen molar-refractivity contribution in [3.8, 4) is 0 Å². The summed E-state index contributed by atoms with van der Waals surface area (Å²) in [6.07, 6.45) is 2.02. The van der Waals surface area contributed by atoms with Crippen LogP contribution in [-0.2, 0) is 39.3 Å². The maximum absolute atomic E-state index is 13.8. The van der Waals surface area contributed by atoms with Gasteiger partial charge in [0.05, 0.1) is 24.5 Å². The fraction of sp³-hybridized carbons (Fsp3) is 0.400. The van der Waals surface area contributed by atoms with E-state index in [4.69, 9.17) is 5.90 Å². The van der Waals surface area contributed by atoms with Crippen molar-refractivity contribution < 1.29 is 22.9 Å². The zero-order valence-electron chi connectivity index (χ0n) is 23.6. The molecule has 3 aromatic heterocycles. The predicted octanol–water partition coefficient (Wildman–Crippen LogP) is -0.429. The van der Waals surface area contributed by atoms with Crippen LogP contribution in [0.5, 0.6) is 0 Å². The highest BCUT2D eigenvalue weighted by atomic mass is 32.2. The van der Waals surface area contributed by atoms with Crippen LogP contribution in [0.15, 0.2) is 34.4 Å². The summed E-state index contributed by atoms with van der Waals surface area (Å²) in [5, 5.41) is 20.7. The monoisotopic (exact) mass is 642 g/mol. The largest absolute Gasteiger partial charge is 0.349 e. The topological polar surface area (TPSA) is 221 Å². The summed E-state index contributed by atoms with van der Waals surface area (Å²) >= 11 is 1.35. The minimum Gasteiger partial charge on any atom is -0.349 e. The van der Waals surface area contributed by atoms with Gasteiger partial charge in [0.15, 0.2) is 10.8 Å². The van der Waals surface area contributed by atoms with E-state index in [0.717, 1.165) is 23.5 Å². The van der Waals surface area contributed by atoms with Crippen molar-refractivity contribution >= 4 is 50.3 Å². The van der Waals surface area contributed by atoms with Gasteiger partial charge in [0.2, 0.25) is 5.91 Å². The number of fused-ring (bicyclic) bond motifs is 2. The van der Waals surface area contributed by atoms with Gasteiger partial charge in [0, 0.05) is 61.3 Å². The smallest absolute Gasteiger partial charge is 0.283 e. The lowest BCUT2D eigenvalue weighted by Gasteiger charge is -2.40. The Morgan fingerprint density at radius 1 is 1.27 bits per heavy atom. The Kier molecular flexibility index (Phi) is 8.36. The molecule has 0 spiro atoms. The molecule has 1 unspecified atom stereocenters. The van der Waals surface area contributed by atoms with E-state index in [9.17, 15) is 18.0 Å². The van der Waals surface area contributed by atoms with Crippen molar-refractivity contribution in [3.05, 3.63) is 51.2 Å². The molecule has 5 heterocycles. The second kappa shape index (κ2) is 12.4. The number of carbonyl (C=O) groups is 2. The molecule has 1 fully saturated rings. The number of nitrogens with two attached hydrogens (primary N) is 1. The normalized spacial score (nSPS) is 18.1. The van der Waals surface area contributed by atoms with Gasteiger partial charge in [0.25, 0.3) is 15.9 Å². The Labute approximate surface area is 255 Å². The molecule has 4 aromatic rings. The number of oxime groups is 1. The van der Waals surface area contributed by atoms with E-state index in [1.807, 2.05) is 7.05 Å². The summed E-state index contributed by atoms with van der Waals surface area (Å²) in [4.78, 5) is 43.4. The Morgan fingerprint density at radius 3 is 2.93 bits per heavy atom. The number of piperazine rings is 1. The Bertz CT molecular complexity index is 1800. The van der Waals surface area contributed by atoms with E-state index in [2.05, 4.69) is 50.9 Å². The van der Waals surface area contributed by atoms with Gasteiger partial charge in [-0.2, -0.15) is 9.52 Å². The highest BCUT2D eigenvalue weighted by molar-refractivity contribution is 7.89. The molecule has 0 radical (unpaired) electrons. The number of amides is 2. The van der Waals surface area contributed by atoms with E-state index in [-0.39, 0.29) is 43.5 Å². The Hall–Kier alpha value is -4.30. The van der Waals surface area contributed by atoms with E-state index in [1.165, 1.54) is 27.9 Å². The van der Waals surface area contributed by atoms with Gasteiger partial charge in [-0.3, -0.25) is 9.59 Å². The molecule has 5 N–H and O–H groups in total. The van der Waals surface area contributed by atoms with Gasteiger partial charge in [0.1, 0.15) is 5.03 Å². The average molecular weight is 643 g/mol. The van der Waals surface area contributed by atoms with Crippen molar-refractivity contribution in [2.24, 2.45) is 11.1 Å². The zero-order chi connectivity index (χ0) is 30.8. The summed E-state index contributed by atoms with van der Waals surface area (Å²) in [5.74, 6) is 4.53. The average Bonchev–Trinajstić information content (AvgIpc) is 3.78. The van der Waals surface area contributed by atoms with Gasteiger partial charge in [-0.05, 0) is 30.8 Å². The molecule has 2 amide bonds. The molecule has 17 nitrogen and oxygen atoms in total. The van der Waals surface area contributed by atoms with E-state index < -0.39 is 22.0 Å². The molecule has 2 aliphatic rings. The van der Waals surface area contributed by atoms with Gasteiger partial charge in [-0.25, -0.2) is 13.4 Å². The lowest BCUT2D eigenvalue weighted by molar-refractivity contribution is -0.122. The molecule has 1 aromatic carbocycles. The first-order valence-electron chi connectivity index (χ1n) is 13.7. The van der Waals surface area contributed by atoms with Crippen LogP contribution in [0.2, 0.25) is 0 Å². The molecule has 0 aliphatic carbocycles. The molecular formula is C25H30N12O5S2. The molecule has 0 bridgehead atoms. The van der Waals surface area contributed by atoms with Crippen LogP contribution in [-0.4, -0.2) is 110 Å². The number of hydrogen-bond donors (Lipinski definition) is 4. The predicted molar refractivity (Wildman–Crippen MR) is 158 cm³/mol.